The number of rotatable bonds is 5. The lowest BCUT2D eigenvalue weighted by Crippen LogP contribution is -2.20. The van der Waals surface area contributed by atoms with Crippen molar-refractivity contribution in [1.82, 2.24) is 9.38 Å². The minimum Gasteiger partial charge on any atom is -0.487 e. The number of fused-ring (bicyclic) bond motifs is 1. The van der Waals surface area contributed by atoms with E-state index in [2.05, 4.69) is 15.6 Å². The van der Waals surface area contributed by atoms with Gasteiger partial charge < -0.3 is 15.4 Å². The number of halogens is 1. The molecule has 0 radical (unpaired) electrons. The number of carbonyl (C=O) groups excluding carboxylic acids is 1. The highest BCUT2D eigenvalue weighted by Gasteiger charge is 2.09. The van der Waals surface area contributed by atoms with E-state index in [4.69, 9.17) is 16.3 Å². The molecule has 0 unspecified atom stereocenters. The average Bonchev–Trinajstić information content (AvgIpc) is 2.76. The van der Waals surface area contributed by atoms with Crippen LogP contribution in [0.3, 0.4) is 0 Å². The van der Waals surface area contributed by atoms with Crippen LogP contribution in [0.15, 0.2) is 65.6 Å². The maximum absolute atomic E-state index is 12.5. The summed E-state index contributed by atoms with van der Waals surface area (Å²) in [6.45, 7) is 5.86. The van der Waals surface area contributed by atoms with Gasteiger partial charge >= 0.3 is 6.03 Å². The van der Waals surface area contributed by atoms with Crippen molar-refractivity contribution in [2.45, 2.75) is 27.4 Å². The van der Waals surface area contributed by atoms with Crippen LogP contribution < -0.4 is 20.9 Å². The van der Waals surface area contributed by atoms with E-state index >= 15 is 0 Å². The number of amides is 2. The lowest BCUT2D eigenvalue weighted by Gasteiger charge is -2.13. The van der Waals surface area contributed by atoms with Crippen molar-refractivity contribution in [3.8, 4) is 5.75 Å². The standard InChI is InChI=1S/C25H23ClN4O3/c1-15-8-9-30-23(10-15)27-20(13-24(30)31)14-33-22-12-19(7-5-17(22)3)28-25(32)29-21-11-18(26)6-4-16(21)2/h4-13H,14H2,1-3H3,(H2,28,29,32). The van der Waals surface area contributed by atoms with Gasteiger partial charge in [0.15, 0.2) is 0 Å². The van der Waals surface area contributed by atoms with Crippen molar-refractivity contribution in [2.75, 3.05) is 10.6 Å². The summed E-state index contributed by atoms with van der Waals surface area (Å²) in [4.78, 5) is 29.3. The van der Waals surface area contributed by atoms with Crippen LogP contribution >= 0.6 is 11.6 Å². The summed E-state index contributed by atoms with van der Waals surface area (Å²) in [6.07, 6.45) is 1.71. The average molecular weight is 463 g/mol. The van der Waals surface area contributed by atoms with Crippen LogP contribution in [0.2, 0.25) is 5.02 Å². The minimum atomic E-state index is -0.394. The number of aryl methyl sites for hydroxylation is 3. The largest absolute Gasteiger partial charge is 0.487 e. The van der Waals surface area contributed by atoms with Gasteiger partial charge in [0.1, 0.15) is 18.0 Å². The third-order valence-electron chi connectivity index (χ3n) is 5.15. The van der Waals surface area contributed by atoms with Crippen molar-refractivity contribution in [2.24, 2.45) is 0 Å². The Hall–Kier alpha value is -3.84. The molecule has 0 atom stereocenters. The number of hydrogen-bond donors (Lipinski definition) is 2. The molecule has 7 nitrogen and oxygen atoms in total. The monoisotopic (exact) mass is 462 g/mol. The van der Waals surface area contributed by atoms with Gasteiger partial charge in [0.2, 0.25) is 0 Å². The fraction of sp³-hybridized carbons (Fsp3) is 0.160. The molecule has 0 spiro atoms. The number of ether oxygens (including phenoxy) is 1. The smallest absolute Gasteiger partial charge is 0.323 e. The van der Waals surface area contributed by atoms with Crippen LogP contribution in [0.1, 0.15) is 22.4 Å². The number of aromatic nitrogens is 2. The Balaban J connectivity index is 1.47. The molecule has 33 heavy (non-hydrogen) atoms. The van der Waals surface area contributed by atoms with E-state index < -0.39 is 6.03 Å². The van der Waals surface area contributed by atoms with E-state index in [1.807, 2.05) is 45.0 Å². The second kappa shape index (κ2) is 9.34. The van der Waals surface area contributed by atoms with Gasteiger partial charge in [-0.1, -0.05) is 23.7 Å². The summed E-state index contributed by atoms with van der Waals surface area (Å²) >= 11 is 6.02. The van der Waals surface area contributed by atoms with Gasteiger partial charge in [-0.25, -0.2) is 9.78 Å². The third-order valence-corrected chi connectivity index (χ3v) is 5.38. The van der Waals surface area contributed by atoms with E-state index in [1.54, 1.807) is 30.5 Å². The highest BCUT2D eigenvalue weighted by atomic mass is 35.5. The lowest BCUT2D eigenvalue weighted by molar-refractivity contribution is 0.262. The number of benzene rings is 2. The quantitative estimate of drug-likeness (QED) is 0.410. The number of nitrogens with zero attached hydrogens (tertiary/aromatic N) is 2. The first kappa shape index (κ1) is 22.4. The van der Waals surface area contributed by atoms with Crippen LogP contribution in [0.4, 0.5) is 16.2 Å². The maximum Gasteiger partial charge on any atom is 0.323 e. The Morgan fingerprint density at radius 1 is 1.00 bits per heavy atom. The molecule has 4 aromatic rings. The third kappa shape index (κ3) is 5.32. The summed E-state index contributed by atoms with van der Waals surface area (Å²) < 4.78 is 7.43. The van der Waals surface area contributed by atoms with Crippen molar-refractivity contribution in [1.29, 1.82) is 0 Å². The van der Waals surface area contributed by atoms with E-state index in [-0.39, 0.29) is 12.2 Å². The number of urea groups is 1. The fourth-order valence-corrected chi connectivity index (χ4v) is 3.50. The molecule has 2 N–H and O–H groups in total. The number of nitrogens with one attached hydrogen (secondary N) is 2. The fourth-order valence-electron chi connectivity index (χ4n) is 3.33. The molecule has 8 heteroatoms. The van der Waals surface area contributed by atoms with Gasteiger partial charge in [0.25, 0.3) is 5.56 Å². The summed E-state index contributed by atoms with van der Waals surface area (Å²) in [5.41, 5.74) is 4.93. The zero-order chi connectivity index (χ0) is 23.5. The van der Waals surface area contributed by atoms with Gasteiger partial charge in [-0.3, -0.25) is 9.20 Å². The first-order chi connectivity index (χ1) is 15.8. The summed E-state index contributed by atoms with van der Waals surface area (Å²) in [5, 5.41) is 6.14. The zero-order valence-electron chi connectivity index (χ0n) is 18.5. The SMILES string of the molecule is Cc1ccn2c(=O)cc(COc3cc(NC(=O)Nc4cc(Cl)ccc4C)ccc3C)nc2c1. The Labute approximate surface area is 196 Å². The van der Waals surface area contributed by atoms with E-state index in [1.165, 1.54) is 10.5 Å². The van der Waals surface area contributed by atoms with Crippen LogP contribution in [0.25, 0.3) is 5.65 Å². The molecular weight excluding hydrogens is 440 g/mol. The molecule has 2 aromatic carbocycles. The van der Waals surface area contributed by atoms with Gasteiger partial charge in [0.05, 0.1) is 5.69 Å². The van der Waals surface area contributed by atoms with Crippen molar-refractivity contribution in [3.05, 3.63) is 98.6 Å². The molecule has 0 bridgehead atoms. The van der Waals surface area contributed by atoms with E-state index in [0.717, 1.165) is 16.7 Å². The van der Waals surface area contributed by atoms with E-state index in [9.17, 15) is 9.59 Å². The first-order valence-corrected chi connectivity index (χ1v) is 10.7. The van der Waals surface area contributed by atoms with E-state index in [0.29, 0.717) is 33.5 Å². The zero-order valence-corrected chi connectivity index (χ0v) is 19.2. The predicted molar refractivity (Wildman–Crippen MR) is 131 cm³/mol. The van der Waals surface area contributed by atoms with Crippen molar-refractivity contribution >= 4 is 34.7 Å². The lowest BCUT2D eigenvalue weighted by atomic mass is 10.2. The van der Waals surface area contributed by atoms with Crippen LogP contribution in [-0.2, 0) is 6.61 Å². The summed E-state index contributed by atoms with van der Waals surface area (Å²) in [7, 11) is 0. The summed E-state index contributed by atoms with van der Waals surface area (Å²) in [5.74, 6) is 0.581. The number of anilines is 2. The summed E-state index contributed by atoms with van der Waals surface area (Å²) in [6, 6.07) is 15.4. The second-order valence-corrected chi connectivity index (χ2v) is 8.26. The highest BCUT2D eigenvalue weighted by Crippen LogP contribution is 2.24. The molecule has 2 amide bonds. The van der Waals surface area contributed by atoms with Crippen molar-refractivity contribution < 1.29 is 9.53 Å². The van der Waals surface area contributed by atoms with Gasteiger partial charge in [-0.15, -0.1) is 0 Å². The molecule has 2 aromatic heterocycles. The molecule has 0 fully saturated rings. The molecule has 0 saturated carbocycles. The normalized spacial score (nSPS) is 10.8. The maximum atomic E-state index is 12.5. The van der Waals surface area contributed by atoms with Crippen LogP contribution in [0.5, 0.6) is 5.75 Å². The molecular formula is C25H23ClN4O3. The van der Waals surface area contributed by atoms with Crippen molar-refractivity contribution in [3.63, 3.8) is 0 Å². The number of carbonyl (C=O) groups is 1. The Kier molecular flexibility index (Phi) is 6.33. The minimum absolute atomic E-state index is 0.123. The topological polar surface area (TPSA) is 84.7 Å². The van der Waals surface area contributed by atoms with Gasteiger partial charge in [0, 0.05) is 34.7 Å². The Morgan fingerprint density at radius 3 is 2.61 bits per heavy atom. The molecule has 2 heterocycles. The first-order valence-electron chi connectivity index (χ1n) is 10.3. The van der Waals surface area contributed by atoms with Crippen LogP contribution in [0, 0.1) is 20.8 Å². The number of pyridine rings is 1. The molecule has 0 aliphatic heterocycles. The highest BCUT2D eigenvalue weighted by molar-refractivity contribution is 6.31. The Morgan fingerprint density at radius 2 is 1.79 bits per heavy atom. The molecule has 4 rings (SSSR count). The molecule has 0 aliphatic carbocycles. The van der Waals surface area contributed by atoms with Gasteiger partial charge in [-0.05, 0) is 67.8 Å². The predicted octanol–water partition coefficient (Wildman–Crippen LogP) is 5.50. The Bertz CT molecular complexity index is 1410. The molecule has 168 valence electrons. The number of hydrogen-bond acceptors (Lipinski definition) is 4. The van der Waals surface area contributed by atoms with Gasteiger partial charge in [-0.2, -0.15) is 0 Å². The molecule has 0 aliphatic rings. The van der Waals surface area contributed by atoms with Crippen LogP contribution in [-0.4, -0.2) is 15.4 Å². The molecule has 0 saturated heterocycles. The second-order valence-electron chi connectivity index (χ2n) is 7.83.